The van der Waals surface area contributed by atoms with Crippen molar-refractivity contribution in [2.24, 2.45) is 0 Å². The minimum absolute atomic E-state index is 0.0143. The minimum Gasteiger partial charge on any atom is -0.491 e. The van der Waals surface area contributed by atoms with Crippen LogP contribution in [0.4, 0.5) is 19.0 Å². The van der Waals surface area contributed by atoms with Crippen LogP contribution in [0, 0.1) is 0 Å². The molecule has 1 aliphatic heterocycles. The number of pyridine rings is 1. The Hall–Kier alpha value is -2.03. The minimum atomic E-state index is -4.47. The summed E-state index contributed by atoms with van der Waals surface area (Å²) in [4.78, 5) is 7.83. The smallest absolute Gasteiger partial charge is 0.417 e. The maximum atomic E-state index is 12.7. The van der Waals surface area contributed by atoms with Gasteiger partial charge in [0.2, 0.25) is 0 Å². The zero-order valence-corrected chi connectivity index (χ0v) is 15.8. The largest absolute Gasteiger partial charge is 0.491 e. The van der Waals surface area contributed by atoms with Crippen LogP contribution < -0.4 is 9.64 Å². The van der Waals surface area contributed by atoms with Gasteiger partial charge in [-0.3, -0.25) is 4.90 Å². The second-order valence-electron chi connectivity index (χ2n) is 6.59. The number of aliphatic hydroxyl groups is 1. The molecule has 0 spiro atoms. The molecule has 152 valence electrons. The molecule has 0 radical (unpaired) electrons. The lowest BCUT2D eigenvalue weighted by Gasteiger charge is -2.36. The van der Waals surface area contributed by atoms with E-state index < -0.39 is 17.8 Å². The number of hydrogen-bond acceptors (Lipinski definition) is 5. The fourth-order valence-electron chi connectivity index (χ4n) is 3.02. The van der Waals surface area contributed by atoms with Crippen molar-refractivity contribution < 1.29 is 23.0 Å². The van der Waals surface area contributed by atoms with Gasteiger partial charge >= 0.3 is 6.18 Å². The number of para-hydroxylation sites is 1. The summed E-state index contributed by atoms with van der Waals surface area (Å²) in [6, 6.07) is 10.2. The van der Waals surface area contributed by atoms with Crippen molar-refractivity contribution in [3.05, 3.63) is 53.2 Å². The molecule has 0 bridgehead atoms. The van der Waals surface area contributed by atoms with Crippen LogP contribution in [0.15, 0.2) is 42.6 Å². The third-order valence-electron chi connectivity index (χ3n) is 4.48. The predicted molar refractivity (Wildman–Crippen MR) is 101 cm³/mol. The van der Waals surface area contributed by atoms with E-state index in [1.54, 1.807) is 0 Å². The number of nitrogens with zero attached hydrogens (tertiary/aromatic N) is 3. The van der Waals surface area contributed by atoms with Gasteiger partial charge in [0.05, 0.1) is 10.6 Å². The maximum Gasteiger partial charge on any atom is 0.417 e. The van der Waals surface area contributed by atoms with Gasteiger partial charge in [0.1, 0.15) is 24.3 Å². The first kappa shape index (κ1) is 20.7. The van der Waals surface area contributed by atoms with Crippen LogP contribution in [0.2, 0.25) is 5.02 Å². The van der Waals surface area contributed by atoms with Crippen molar-refractivity contribution in [2.75, 3.05) is 44.2 Å². The van der Waals surface area contributed by atoms with Gasteiger partial charge in [0.15, 0.2) is 0 Å². The van der Waals surface area contributed by atoms with Crippen molar-refractivity contribution in [1.29, 1.82) is 0 Å². The van der Waals surface area contributed by atoms with E-state index >= 15 is 0 Å². The second kappa shape index (κ2) is 8.98. The lowest BCUT2D eigenvalue weighted by atomic mass is 10.2. The van der Waals surface area contributed by atoms with Crippen molar-refractivity contribution >= 4 is 17.4 Å². The van der Waals surface area contributed by atoms with E-state index in [1.165, 1.54) is 0 Å². The van der Waals surface area contributed by atoms with Gasteiger partial charge in [-0.15, -0.1) is 0 Å². The monoisotopic (exact) mass is 415 g/mol. The third kappa shape index (κ3) is 5.50. The highest BCUT2D eigenvalue weighted by atomic mass is 35.5. The Balaban J connectivity index is 1.48. The SMILES string of the molecule is O[C@H](COc1ccccc1)CN1CCN(c2ncc(C(F)(F)F)cc2Cl)CC1. The van der Waals surface area contributed by atoms with Crippen molar-refractivity contribution in [3.63, 3.8) is 0 Å². The molecule has 0 amide bonds. The number of hydrogen-bond donors (Lipinski definition) is 1. The molecule has 3 rings (SSSR count). The Bertz CT molecular complexity index is 769. The Morgan fingerprint density at radius 2 is 1.82 bits per heavy atom. The summed E-state index contributed by atoms with van der Waals surface area (Å²) >= 11 is 6.01. The summed E-state index contributed by atoms with van der Waals surface area (Å²) in [5, 5.41) is 10.2. The average molecular weight is 416 g/mol. The number of alkyl halides is 3. The zero-order valence-electron chi connectivity index (χ0n) is 15.1. The molecule has 0 aliphatic carbocycles. The van der Waals surface area contributed by atoms with E-state index in [9.17, 15) is 18.3 Å². The van der Waals surface area contributed by atoms with Crippen LogP contribution in [0.1, 0.15) is 5.56 Å². The Morgan fingerprint density at radius 1 is 1.14 bits per heavy atom. The number of ether oxygens (including phenoxy) is 1. The van der Waals surface area contributed by atoms with Crippen LogP contribution in [-0.4, -0.2) is 60.4 Å². The molecule has 9 heteroatoms. The van der Waals surface area contributed by atoms with E-state index in [0.717, 1.165) is 12.3 Å². The van der Waals surface area contributed by atoms with E-state index in [-0.39, 0.29) is 11.6 Å². The first-order chi connectivity index (χ1) is 13.3. The lowest BCUT2D eigenvalue weighted by Crippen LogP contribution is -2.49. The number of piperazine rings is 1. The number of benzene rings is 1. The van der Waals surface area contributed by atoms with E-state index in [1.807, 2.05) is 35.2 Å². The molecule has 1 saturated heterocycles. The lowest BCUT2D eigenvalue weighted by molar-refractivity contribution is -0.137. The maximum absolute atomic E-state index is 12.7. The molecular formula is C19H21ClF3N3O2. The zero-order chi connectivity index (χ0) is 20.1. The van der Waals surface area contributed by atoms with E-state index in [2.05, 4.69) is 9.88 Å². The molecule has 0 saturated carbocycles. The number of aliphatic hydroxyl groups excluding tert-OH is 1. The normalized spacial score (nSPS) is 16.8. The fraction of sp³-hybridized carbons (Fsp3) is 0.421. The first-order valence-corrected chi connectivity index (χ1v) is 9.26. The molecule has 1 aliphatic rings. The Kier molecular flexibility index (Phi) is 6.64. The number of anilines is 1. The van der Waals surface area contributed by atoms with Crippen LogP contribution in [-0.2, 0) is 6.18 Å². The fourth-order valence-corrected chi connectivity index (χ4v) is 3.31. The Labute approximate surface area is 166 Å². The van der Waals surface area contributed by atoms with Gasteiger partial charge in [-0.05, 0) is 18.2 Å². The van der Waals surface area contributed by atoms with Crippen molar-refractivity contribution in [2.45, 2.75) is 12.3 Å². The summed E-state index contributed by atoms with van der Waals surface area (Å²) in [5.41, 5.74) is -0.860. The summed E-state index contributed by atoms with van der Waals surface area (Å²) in [6.45, 7) is 3.04. The molecule has 1 aromatic carbocycles. The molecule has 2 aromatic rings. The van der Waals surface area contributed by atoms with Gasteiger partial charge in [-0.1, -0.05) is 29.8 Å². The molecular weight excluding hydrogens is 395 g/mol. The average Bonchev–Trinajstić information content (AvgIpc) is 2.67. The van der Waals surface area contributed by atoms with Crippen molar-refractivity contribution in [3.8, 4) is 5.75 Å². The summed E-state index contributed by atoms with van der Waals surface area (Å²) < 4.78 is 43.7. The molecule has 1 fully saturated rings. The van der Waals surface area contributed by atoms with Gasteiger partial charge in [0.25, 0.3) is 0 Å². The second-order valence-corrected chi connectivity index (χ2v) is 7.00. The highest BCUT2D eigenvalue weighted by molar-refractivity contribution is 6.33. The number of halogens is 4. The van der Waals surface area contributed by atoms with Gasteiger partial charge in [-0.2, -0.15) is 13.2 Å². The highest BCUT2D eigenvalue weighted by Crippen LogP contribution is 2.33. The van der Waals surface area contributed by atoms with Gasteiger partial charge in [-0.25, -0.2) is 4.98 Å². The number of rotatable bonds is 6. The standard InChI is InChI=1S/C19H21ClF3N3O2/c20-17-10-14(19(21,22)23)11-24-18(17)26-8-6-25(7-9-26)12-15(27)13-28-16-4-2-1-3-5-16/h1-5,10-11,15,27H,6-9,12-13H2/t15-/m0/s1. The van der Waals surface area contributed by atoms with Crippen LogP contribution in [0.5, 0.6) is 5.75 Å². The first-order valence-electron chi connectivity index (χ1n) is 8.89. The molecule has 1 aromatic heterocycles. The Morgan fingerprint density at radius 3 is 2.43 bits per heavy atom. The van der Waals surface area contributed by atoms with Crippen molar-refractivity contribution in [1.82, 2.24) is 9.88 Å². The summed E-state index contributed by atoms with van der Waals surface area (Å²) in [5.74, 6) is 1.05. The number of aromatic nitrogens is 1. The van der Waals surface area contributed by atoms with Crippen LogP contribution in [0.25, 0.3) is 0 Å². The quantitative estimate of drug-likeness (QED) is 0.784. The molecule has 0 unspecified atom stereocenters. The highest BCUT2D eigenvalue weighted by Gasteiger charge is 2.32. The van der Waals surface area contributed by atoms with E-state index in [4.69, 9.17) is 16.3 Å². The van der Waals surface area contributed by atoms with E-state index in [0.29, 0.717) is 44.3 Å². The van der Waals surface area contributed by atoms with Crippen LogP contribution >= 0.6 is 11.6 Å². The summed E-state index contributed by atoms with van der Waals surface area (Å²) in [6.07, 6.45) is -4.30. The summed E-state index contributed by atoms with van der Waals surface area (Å²) in [7, 11) is 0. The van der Waals surface area contributed by atoms with Gasteiger partial charge < -0.3 is 14.7 Å². The third-order valence-corrected chi connectivity index (χ3v) is 4.75. The molecule has 5 nitrogen and oxygen atoms in total. The number of β-amino-alcohol motifs (C(OH)–C–C–N with tert-alkyl or cyclic N) is 1. The predicted octanol–water partition coefficient (Wildman–Crippen LogP) is 3.32. The van der Waals surface area contributed by atoms with Crippen LogP contribution in [0.3, 0.4) is 0 Å². The molecule has 28 heavy (non-hydrogen) atoms. The van der Waals surface area contributed by atoms with Gasteiger partial charge in [0, 0.05) is 38.9 Å². The molecule has 1 atom stereocenters. The molecule has 2 heterocycles. The topological polar surface area (TPSA) is 48.8 Å². The molecule has 1 N–H and O–H groups in total.